The molecule has 1 aliphatic carbocycles. The summed E-state index contributed by atoms with van der Waals surface area (Å²) in [6, 6.07) is 9.71. The number of hydrogen-bond acceptors (Lipinski definition) is 3. The monoisotopic (exact) mass is 245 g/mol. The first-order valence-electron chi connectivity index (χ1n) is 6.85. The molecule has 2 aliphatic rings. The zero-order valence-corrected chi connectivity index (χ0v) is 10.5. The van der Waals surface area contributed by atoms with Gasteiger partial charge >= 0.3 is 5.97 Å². The third-order valence-corrected chi connectivity index (χ3v) is 4.19. The van der Waals surface area contributed by atoms with Crippen LogP contribution in [-0.2, 0) is 4.79 Å². The van der Waals surface area contributed by atoms with E-state index in [2.05, 4.69) is 5.32 Å². The molecule has 0 amide bonds. The molecular formula is C15H19NO2. The second kappa shape index (κ2) is 5.11. The third-order valence-electron chi connectivity index (χ3n) is 4.19. The van der Waals surface area contributed by atoms with E-state index in [1.165, 1.54) is 12.8 Å². The number of rotatable bonds is 2. The first-order chi connectivity index (χ1) is 8.84. The van der Waals surface area contributed by atoms with E-state index < -0.39 is 0 Å². The molecule has 0 unspecified atom stereocenters. The van der Waals surface area contributed by atoms with Crippen LogP contribution >= 0.6 is 0 Å². The van der Waals surface area contributed by atoms with Crippen LogP contribution in [0, 0.1) is 11.8 Å². The lowest BCUT2D eigenvalue weighted by molar-refractivity contribution is -0.144. The van der Waals surface area contributed by atoms with Gasteiger partial charge in [-0.2, -0.15) is 0 Å². The molecule has 1 saturated heterocycles. The Bertz CT molecular complexity index is 396. The Morgan fingerprint density at radius 2 is 2.00 bits per heavy atom. The van der Waals surface area contributed by atoms with Crippen LogP contribution in [0.1, 0.15) is 25.7 Å². The molecule has 1 heterocycles. The Kier molecular flexibility index (Phi) is 3.33. The number of nitrogens with one attached hydrogen (secondary N) is 1. The lowest BCUT2D eigenvalue weighted by Crippen LogP contribution is -2.52. The minimum atomic E-state index is -0.0527. The summed E-state index contributed by atoms with van der Waals surface area (Å²) < 4.78 is 5.51. The minimum absolute atomic E-state index is 0.0488. The summed E-state index contributed by atoms with van der Waals surface area (Å²) in [7, 11) is 0. The van der Waals surface area contributed by atoms with Gasteiger partial charge in [-0.15, -0.1) is 0 Å². The first kappa shape index (κ1) is 11.7. The molecular weight excluding hydrogens is 226 g/mol. The van der Waals surface area contributed by atoms with E-state index in [0.717, 1.165) is 19.4 Å². The molecule has 96 valence electrons. The van der Waals surface area contributed by atoms with Gasteiger partial charge in [0.1, 0.15) is 5.75 Å². The van der Waals surface area contributed by atoms with Crippen LogP contribution < -0.4 is 10.1 Å². The van der Waals surface area contributed by atoms with Crippen LogP contribution in [0.15, 0.2) is 30.3 Å². The van der Waals surface area contributed by atoms with Crippen LogP contribution in [0.4, 0.5) is 0 Å². The van der Waals surface area contributed by atoms with E-state index >= 15 is 0 Å². The van der Waals surface area contributed by atoms with Gasteiger partial charge in [0.15, 0.2) is 0 Å². The maximum absolute atomic E-state index is 12.3. The average molecular weight is 245 g/mol. The number of para-hydroxylation sites is 1. The van der Waals surface area contributed by atoms with Crippen LogP contribution in [0.3, 0.4) is 0 Å². The molecule has 3 rings (SSSR count). The van der Waals surface area contributed by atoms with E-state index in [4.69, 9.17) is 4.74 Å². The zero-order valence-electron chi connectivity index (χ0n) is 10.5. The van der Waals surface area contributed by atoms with E-state index in [1.54, 1.807) is 0 Å². The van der Waals surface area contributed by atoms with Crippen LogP contribution in [0.25, 0.3) is 0 Å². The number of carbonyl (C=O) groups excluding carboxylic acids is 1. The van der Waals surface area contributed by atoms with Crippen molar-refractivity contribution in [3.05, 3.63) is 30.3 Å². The molecule has 1 aliphatic heterocycles. The Morgan fingerprint density at radius 3 is 2.78 bits per heavy atom. The summed E-state index contributed by atoms with van der Waals surface area (Å²) in [5.74, 6) is 1.17. The van der Waals surface area contributed by atoms with Crippen molar-refractivity contribution < 1.29 is 9.53 Å². The predicted molar refractivity (Wildman–Crippen MR) is 69.3 cm³/mol. The standard InChI is InChI=1S/C15H19NO2/c17-15(18-12-6-2-1-3-7-12)14-11-5-4-8-13(14)16-10-9-11/h1-3,6-7,11,13-14,16H,4-5,8-10H2/t11-,13-,14-/m1/s1. The van der Waals surface area contributed by atoms with Gasteiger partial charge in [0.05, 0.1) is 5.92 Å². The molecule has 3 heteroatoms. The summed E-state index contributed by atoms with van der Waals surface area (Å²) in [6.45, 7) is 1.05. The fraction of sp³-hybridized carbons (Fsp3) is 0.533. The van der Waals surface area contributed by atoms with Gasteiger partial charge in [0.25, 0.3) is 0 Å². The largest absolute Gasteiger partial charge is 0.426 e. The van der Waals surface area contributed by atoms with Crippen LogP contribution in [-0.4, -0.2) is 18.6 Å². The number of ether oxygens (including phenoxy) is 1. The Morgan fingerprint density at radius 1 is 1.17 bits per heavy atom. The average Bonchev–Trinajstić information content (AvgIpc) is 2.39. The lowest BCUT2D eigenvalue weighted by Gasteiger charge is -2.41. The normalized spacial score (nSPS) is 30.8. The van der Waals surface area contributed by atoms with Crippen molar-refractivity contribution in [2.45, 2.75) is 31.7 Å². The quantitative estimate of drug-likeness (QED) is 0.642. The summed E-state index contributed by atoms with van der Waals surface area (Å²) in [5, 5.41) is 3.47. The lowest BCUT2D eigenvalue weighted by atomic mass is 9.72. The van der Waals surface area contributed by atoms with E-state index in [-0.39, 0.29) is 11.9 Å². The van der Waals surface area contributed by atoms with Crippen molar-refractivity contribution in [1.29, 1.82) is 0 Å². The predicted octanol–water partition coefficient (Wildman–Crippen LogP) is 2.37. The number of hydrogen-bond donors (Lipinski definition) is 1. The van der Waals surface area contributed by atoms with Gasteiger partial charge in [0.2, 0.25) is 0 Å². The molecule has 0 aromatic heterocycles. The van der Waals surface area contributed by atoms with Crippen molar-refractivity contribution in [2.24, 2.45) is 11.8 Å². The topological polar surface area (TPSA) is 38.3 Å². The van der Waals surface area contributed by atoms with Crippen molar-refractivity contribution in [3.8, 4) is 5.75 Å². The van der Waals surface area contributed by atoms with Gasteiger partial charge < -0.3 is 10.1 Å². The van der Waals surface area contributed by atoms with Crippen molar-refractivity contribution >= 4 is 5.97 Å². The number of carbonyl (C=O) groups is 1. The molecule has 1 N–H and O–H groups in total. The van der Waals surface area contributed by atoms with Crippen LogP contribution in [0.2, 0.25) is 0 Å². The Balaban J connectivity index is 1.72. The van der Waals surface area contributed by atoms with Gasteiger partial charge in [-0.3, -0.25) is 4.79 Å². The second-order valence-electron chi connectivity index (χ2n) is 5.30. The summed E-state index contributed by atoms with van der Waals surface area (Å²) in [6.07, 6.45) is 4.61. The number of benzene rings is 1. The van der Waals surface area contributed by atoms with Gasteiger partial charge in [-0.25, -0.2) is 0 Å². The molecule has 2 fully saturated rings. The Labute approximate surface area is 108 Å². The zero-order chi connectivity index (χ0) is 12.4. The molecule has 3 nitrogen and oxygen atoms in total. The number of piperidine rings is 1. The molecule has 1 aromatic carbocycles. The molecule has 1 saturated carbocycles. The van der Waals surface area contributed by atoms with Crippen molar-refractivity contribution in [1.82, 2.24) is 5.32 Å². The highest BCUT2D eigenvalue weighted by Gasteiger charge is 2.41. The highest BCUT2D eigenvalue weighted by atomic mass is 16.5. The minimum Gasteiger partial charge on any atom is -0.426 e. The van der Waals surface area contributed by atoms with E-state index in [9.17, 15) is 4.79 Å². The van der Waals surface area contributed by atoms with E-state index in [0.29, 0.717) is 17.7 Å². The fourth-order valence-electron chi connectivity index (χ4n) is 3.32. The maximum Gasteiger partial charge on any atom is 0.316 e. The van der Waals surface area contributed by atoms with Crippen molar-refractivity contribution in [2.75, 3.05) is 6.54 Å². The molecule has 18 heavy (non-hydrogen) atoms. The van der Waals surface area contributed by atoms with Gasteiger partial charge in [-0.05, 0) is 43.9 Å². The SMILES string of the molecule is O=C(Oc1ccccc1)[C@@H]1[C@@H]2CCC[C@H]1NCC2. The molecule has 0 spiro atoms. The number of esters is 1. The summed E-state index contributed by atoms with van der Waals surface area (Å²) >= 11 is 0. The smallest absolute Gasteiger partial charge is 0.316 e. The highest BCUT2D eigenvalue weighted by molar-refractivity contribution is 5.76. The molecule has 1 aromatic rings. The molecule has 0 radical (unpaired) electrons. The highest BCUT2D eigenvalue weighted by Crippen LogP contribution is 2.36. The van der Waals surface area contributed by atoms with Crippen molar-refractivity contribution in [3.63, 3.8) is 0 Å². The fourth-order valence-corrected chi connectivity index (χ4v) is 3.32. The van der Waals surface area contributed by atoms with Crippen LogP contribution in [0.5, 0.6) is 5.75 Å². The van der Waals surface area contributed by atoms with E-state index in [1.807, 2.05) is 30.3 Å². The van der Waals surface area contributed by atoms with Gasteiger partial charge in [0, 0.05) is 6.04 Å². The number of fused-ring (bicyclic) bond motifs is 2. The second-order valence-corrected chi connectivity index (χ2v) is 5.30. The third kappa shape index (κ3) is 2.27. The molecule has 3 atom stereocenters. The molecule has 2 bridgehead atoms. The summed E-state index contributed by atoms with van der Waals surface area (Å²) in [4.78, 5) is 12.3. The Hall–Kier alpha value is -1.35. The maximum atomic E-state index is 12.3. The summed E-state index contributed by atoms with van der Waals surface area (Å²) in [5.41, 5.74) is 0. The first-order valence-corrected chi connectivity index (χ1v) is 6.85. The van der Waals surface area contributed by atoms with Gasteiger partial charge in [-0.1, -0.05) is 24.6 Å².